The highest BCUT2D eigenvalue weighted by Crippen LogP contribution is 2.27. The number of aryl methyl sites for hydroxylation is 1. The molecule has 0 fully saturated rings. The SMILES string of the molecule is O=C1c2cc3n(c2CCN1S)CCCC3. The minimum Gasteiger partial charge on any atom is -0.348 e. The highest BCUT2D eigenvalue weighted by Gasteiger charge is 2.28. The van der Waals surface area contributed by atoms with Crippen LogP contribution in [-0.4, -0.2) is 21.3 Å². The molecule has 3 heterocycles. The molecule has 4 heteroatoms. The normalized spacial score (nSPS) is 20.1. The number of carbonyl (C=O) groups excluding carboxylic acids is 1. The number of carbonyl (C=O) groups is 1. The first-order valence-corrected chi connectivity index (χ1v) is 5.89. The molecule has 0 atom stereocenters. The van der Waals surface area contributed by atoms with Crippen LogP contribution in [-0.2, 0) is 19.4 Å². The maximum absolute atomic E-state index is 11.9. The lowest BCUT2D eigenvalue weighted by molar-refractivity contribution is 0.0862. The van der Waals surface area contributed by atoms with Gasteiger partial charge in [0.1, 0.15) is 0 Å². The Morgan fingerprint density at radius 1 is 1.20 bits per heavy atom. The highest BCUT2D eigenvalue weighted by atomic mass is 32.1. The van der Waals surface area contributed by atoms with Gasteiger partial charge in [0.2, 0.25) is 0 Å². The second-order valence-corrected chi connectivity index (χ2v) is 4.77. The van der Waals surface area contributed by atoms with Gasteiger partial charge in [0.15, 0.2) is 0 Å². The summed E-state index contributed by atoms with van der Waals surface area (Å²) in [5, 5.41) is 0. The molecule has 3 nitrogen and oxygen atoms in total. The van der Waals surface area contributed by atoms with Crippen molar-refractivity contribution in [1.82, 2.24) is 8.87 Å². The second kappa shape index (κ2) is 3.30. The molecule has 0 radical (unpaired) electrons. The van der Waals surface area contributed by atoms with E-state index in [2.05, 4.69) is 23.4 Å². The Morgan fingerprint density at radius 3 is 2.93 bits per heavy atom. The molecular formula is C11H14N2OS. The van der Waals surface area contributed by atoms with Crippen molar-refractivity contribution in [3.63, 3.8) is 0 Å². The molecule has 0 saturated heterocycles. The molecule has 0 saturated carbocycles. The minimum absolute atomic E-state index is 0.0708. The number of hydrogen-bond donors (Lipinski definition) is 1. The molecule has 1 aromatic heterocycles. The average Bonchev–Trinajstić information content (AvgIpc) is 2.63. The Kier molecular flexibility index (Phi) is 2.06. The third-order valence-corrected chi connectivity index (χ3v) is 3.77. The van der Waals surface area contributed by atoms with E-state index in [4.69, 9.17) is 0 Å². The third kappa shape index (κ3) is 1.31. The summed E-state index contributed by atoms with van der Waals surface area (Å²) in [7, 11) is 0. The number of nitrogens with zero attached hydrogens (tertiary/aromatic N) is 2. The molecule has 0 unspecified atom stereocenters. The fourth-order valence-corrected chi connectivity index (χ4v) is 2.82. The van der Waals surface area contributed by atoms with Gasteiger partial charge in [0.25, 0.3) is 5.91 Å². The van der Waals surface area contributed by atoms with Crippen molar-refractivity contribution in [3.05, 3.63) is 23.0 Å². The van der Waals surface area contributed by atoms with Gasteiger partial charge in [-0.1, -0.05) is 12.8 Å². The third-order valence-electron chi connectivity index (χ3n) is 3.38. The van der Waals surface area contributed by atoms with Crippen LogP contribution >= 0.6 is 12.8 Å². The zero-order valence-corrected chi connectivity index (χ0v) is 9.46. The first-order chi connectivity index (χ1) is 7.27. The van der Waals surface area contributed by atoms with Crippen LogP contribution in [0, 0.1) is 0 Å². The maximum atomic E-state index is 11.9. The molecule has 0 spiro atoms. The van der Waals surface area contributed by atoms with Crippen molar-refractivity contribution in [2.45, 2.75) is 32.2 Å². The summed E-state index contributed by atoms with van der Waals surface area (Å²) in [6.45, 7) is 1.82. The summed E-state index contributed by atoms with van der Waals surface area (Å²) in [5.74, 6) is 0.0708. The van der Waals surface area contributed by atoms with E-state index in [0.717, 1.165) is 31.5 Å². The number of aromatic nitrogens is 1. The fourth-order valence-electron chi connectivity index (χ4n) is 2.62. The Hall–Kier alpha value is -0.900. The number of rotatable bonds is 0. The van der Waals surface area contributed by atoms with Gasteiger partial charge in [-0.3, -0.25) is 9.10 Å². The number of amides is 1. The van der Waals surface area contributed by atoms with Crippen molar-refractivity contribution in [3.8, 4) is 0 Å². The van der Waals surface area contributed by atoms with Crippen molar-refractivity contribution in [2.75, 3.05) is 6.54 Å². The highest BCUT2D eigenvalue weighted by molar-refractivity contribution is 7.78. The molecule has 3 rings (SSSR count). The Bertz CT molecular complexity index is 424. The first-order valence-electron chi connectivity index (χ1n) is 5.49. The molecule has 15 heavy (non-hydrogen) atoms. The van der Waals surface area contributed by atoms with Crippen molar-refractivity contribution in [2.24, 2.45) is 0 Å². The monoisotopic (exact) mass is 222 g/mol. The van der Waals surface area contributed by atoms with Crippen LogP contribution in [0.4, 0.5) is 0 Å². The van der Waals surface area contributed by atoms with Gasteiger partial charge in [-0.15, -0.1) is 0 Å². The van der Waals surface area contributed by atoms with Gasteiger partial charge >= 0.3 is 0 Å². The van der Waals surface area contributed by atoms with Gasteiger partial charge in [0, 0.05) is 30.9 Å². The number of thiol groups is 1. The van der Waals surface area contributed by atoms with Gasteiger partial charge < -0.3 is 4.57 Å². The van der Waals surface area contributed by atoms with Crippen LogP contribution in [0.3, 0.4) is 0 Å². The van der Waals surface area contributed by atoms with E-state index in [1.807, 2.05) is 0 Å². The summed E-state index contributed by atoms with van der Waals surface area (Å²) in [4.78, 5) is 11.9. The summed E-state index contributed by atoms with van der Waals surface area (Å²) < 4.78 is 3.87. The molecule has 1 amide bonds. The average molecular weight is 222 g/mol. The van der Waals surface area contributed by atoms with E-state index in [0.29, 0.717) is 0 Å². The summed E-state index contributed by atoms with van der Waals surface area (Å²) in [6, 6.07) is 2.07. The molecule has 2 aliphatic rings. The number of hydrogen-bond acceptors (Lipinski definition) is 2. The lowest BCUT2D eigenvalue weighted by Gasteiger charge is -2.24. The molecule has 2 aliphatic heterocycles. The van der Waals surface area contributed by atoms with Crippen LogP contribution in [0.15, 0.2) is 6.07 Å². The van der Waals surface area contributed by atoms with Crippen LogP contribution < -0.4 is 0 Å². The predicted octanol–water partition coefficient (Wildman–Crippen LogP) is 1.67. The smallest absolute Gasteiger partial charge is 0.265 e. The first kappa shape index (κ1) is 9.33. The Balaban J connectivity index is 2.12. The molecule has 1 aromatic rings. The molecule has 0 aliphatic carbocycles. The molecular weight excluding hydrogens is 208 g/mol. The van der Waals surface area contributed by atoms with E-state index in [-0.39, 0.29) is 5.91 Å². The van der Waals surface area contributed by atoms with Crippen LogP contribution in [0.25, 0.3) is 0 Å². The molecule has 0 bridgehead atoms. The van der Waals surface area contributed by atoms with Crippen LogP contribution in [0.1, 0.15) is 34.6 Å². The zero-order chi connectivity index (χ0) is 10.4. The van der Waals surface area contributed by atoms with E-state index >= 15 is 0 Å². The number of fused-ring (bicyclic) bond motifs is 3. The van der Waals surface area contributed by atoms with E-state index in [9.17, 15) is 4.79 Å². The molecule has 80 valence electrons. The van der Waals surface area contributed by atoms with Crippen molar-refractivity contribution < 1.29 is 4.79 Å². The Labute approximate surface area is 94.6 Å². The second-order valence-electron chi connectivity index (χ2n) is 4.28. The van der Waals surface area contributed by atoms with Crippen molar-refractivity contribution in [1.29, 1.82) is 0 Å². The van der Waals surface area contributed by atoms with Gasteiger partial charge in [-0.2, -0.15) is 0 Å². The maximum Gasteiger partial charge on any atom is 0.265 e. The van der Waals surface area contributed by atoms with E-state index in [1.54, 1.807) is 0 Å². The quantitative estimate of drug-likeness (QED) is 0.664. The van der Waals surface area contributed by atoms with E-state index < -0.39 is 0 Å². The Morgan fingerprint density at radius 2 is 2.07 bits per heavy atom. The summed E-state index contributed by atoms with van der Waals surface area (Å²) in [5.41, 5.74) is 3.45. The largest absolute Gasteiger partial charge is 0.348 e. The van der Waals surface area contributed by atoms with Gasteiger partial charge in [0.05, 0.1) is 5.56 Å². The lowest BCUT2D eigenvalue weighted by Crippen LogP contribution is -2.30. The predicted molar refractivity (Wildman–Crippen MR) is 61.1 cm³/mol. The van der Waals surface area contributed by atoms with Crippen LogP contribution in [0.5, 0.6) is 0 Å². The topological polar surface area (TPSA) is 25.2 Å². The van der Waals surface area contributed by atoms with E-state index in [1.165, 1.54) is 28.5 Å². The summed E-state index contributed by atoms with van der Waals surface area (Å²) in [6.07, 6.45) is 4.56. The summed E-state index contributed by atoms with van der Waals surface area (Å²) >= 11 is 4.17. The standard InChI is InChI=1S/C11H14N2OS/c14-11-9-7-8-3-1-2-5-12(8)10(9)4-6-13(11)15/h7,15H,1-6H2. The molecule has 0 aromatic carbocycles. The fraction of sp³-hybridized carbons (Fsp3) is 0.545. The minimum atomic E-state index is 0.0708. The lowest BCUT2D eigenvalue weighted by atomic mass is 10.1. The molecule has 0 N–H and O–H groups in total. The van der Waals surface area contributed by atoms with Crippen molar-refractivity contribution >= 4 is 18.7 Å². The van der Waals surface area contributed by atoms with Crippen LogP contribution in [0.2, 0.25) is 0 Å². The van der Waals surface area contributed by atoms with Gasteiger partial charge in [-0.25, -0.2) is 0 Å². The van der Waals surface area contributed by atoms with Gasteiger partial charge in [-0.05, 0) is 25.3 Å². The zero-order valence-electron chi connectivity index (χ0n) is 8.57.